The molecule has 2 aromatic rings. The van der Waals surface area contributed by atoms with Crippen molar-refractivity contribution in [2.45, 2.75) is 49.6 Å². The molecule has 2 fully saturated rings. The number of halogens is 2. The Morgan fingerprint density at radius 3 is 2.68 bits per heavy atom. The monoisotopic (exact) mass is 484 g/mol. The molecule has 8 nitrogen and oxygen atoms in total. The summed E-state index contributed by atoms with van der Waals surface area (Å²) in [7, 11) is 0. The Morgan fingerprint density at radius 2 is 1.90 bits per heavy atom. The number of hydrogen-bond donors (Lipinski definition) is 3. The fourth-order valence-corrected chi connectivity index (χ4v) is 5.90. The third-order valence-corrected chi connectivity index (χ3v) is 7.27. The number of rotatable bonds is 8. The number of hydrogen-bond acceptors (Lipinski definition) is 5. The Kier molecular flexibility index (Phi) is 6.83. The molecule has 2 aliphatic rings. The summed E-state index contributed by atoms with van der Waals surface area (Å²) in [5, 5.41) is 9.94. The fraction of sp³-hybridized carbons (Fsp3) is 0.450. The Balaban J connectivity index is 1.24. The van der Waals surface area contributed by atoms with Crippen molar-refractivity contribution in [3.8, 4) is 5.75 Å². The summed E-state index contributed by atoms with van der Waals surface area (Å²) in [4.78, 5) is 36.0. The van der Waals surface area contributed by atoms with Gasteiger partial charge in [0.2, 0.25) is 5.91 Å². The maximum atomic E-state index is 12.4. The van der Waals surface area contributed by atoms with E-state index >= 15 is 0 Å². The van der Waals surface area contributed by atoms with Crippen LogP contribution in [0.2, 0.25) is 10.0 Å². The van der Waals surface area contributed by atoms with Gasteiger partial charge < -0.3 is 15.4 Å². The summed E-state index contributed by atoms with van der Waals surface area (Å²) < 4.78 is 6.62. The van der Waals surface area contributed by atoms with Gasteiger partial charge in [0.25, 0.3) is 5.56 Å². The van der Waals surface area contributed by atoms with E-state index in [4.69, 9.17) is 27.9 Å². The topological polar surface area (TPSA) is 105 Å². The number of benzene rings is 1. The molecule has 166 valence electrons. The highest BCUT2D eigenvalue weighted by Crippen LogP contribution is 2.33. The van der Waals surface area contributed by atoms with Crippen LogP contribution in [0.15, 0.2) is 29.1 Å². The molecule has 0 unspecified atom stereocenters. The Bertz CT molecular complexity index is 1020. The molecule has 31 heavy (non-hydrogen) atoms. The van der Waals surface area contributed by atoms with E-state index in [-0.39, 0.29) is 37.0 Å². The van der Waals surface area contributed by atoms with Gasteiger partial charge in [-0.1, -0.05) is 29.6 Å². The van der Waals surface area contributed by atoms with Crippen molar-refractivity contribution < 1.29 is 14.3 Å². The van der Waals surface area contributed by atoms with Gasteiger partial charge in [-0.2, -0.15) is 16.4 Å². The normalized spacial score (nSPS) is 22.1. The molecule has 4 rings (SSSR count). The Morgan fingerprint density at radius 1 is 1.13 bits per heavy atom. The number of amides is 2. The SMILES string of the molecule is O=C1N[C@H]2[C@H](CS[C@H]2CCCCC(=O)n2[nH]c(COc3cc(Cl)cc(Cl)c3)cc2=O)N1. The molecular formula is C20H22Cl2N4O4S. The lowest BCUT2D eigenvalue weighted by Gasteiger charge is -2.16. The minimum absolute atomic E-state index is 0.0768. The third kappa shape index (κ3) is 5.39. The minimum Gasteiger partial charge on any atom is -0.487 e. The minimum atomic E-state index is -0.415. The van der Waals surface area contributed by atoms with E-state index in [0.29, 0.717) is 33.2 Å². The average molecular weight is 485 g/mol. The van der Waals surface area contributed by atoms with Crippen LogP contribution in [0.5, 0.6) is 5.75 Å². The molecule has 2 aliphatic heterocycles. The zero-order valence-electron chi connectivity index (χ0n) is 16.5. The van der Waals surface area contributed by atoms with E-state index in [1.54, 1.807) is 18.2 Å². The van der Waals surface area contributed by atoms with Gasteiger partial charge in [0.05, 0.1) is 17.8 Å². The largest absolute Gasteiger partial charge is 0.487 e. The molecule has 2 amide bonds. The maximum Gasteiger partial charge on any atom is 0.315 e. The van der Waals surface area contributed by atoms with Crippen molar-refractivity contribution in [2.24, 2.45) is 0 Å². The Hall–Kier alpha value is -2.10. The van der Waals surface area contributed by atoms with Crippen molar-refractivity contribution in [1.29, 1.82) is 0 Å². The third-order valence-electron chi connectivity index (χ3n) is 5.32. The van der Waals surface area contributed by atoms with Crippen LogP contribution in [0, 0.1) is 0 Å². The molecule has 0 radical (unpaired) electrons. The number of ether oxygens (including phenoxy) is 1. The number of H-pyrrole nitrogens is 1. The number of aromatic nitrogens is 2. The first kappa shape index (κ1) is 22.1. The molecule has 3 N–H and O–H groups in total. The van der Waals surface area contributed by atoms with E-state index in [0.717, 1.165) is 23.3 Å². The van der Waals surface area contributed by atoms with Gasteiger partial charge in [0, 0.05) is 33.5 Å². The summed E-state index contributed by atoms with van der Waals surface area (Å²) in [6.45, 7) is 0.0768. The van der Waals surface area contributed by atoms with Crippen LogP contribution in [-0.4, -0.2) is 44.8 Å². The zero-order chi connectivity index (χ0) is 22.0. The first-order valence-electron chi connectivity index (χ1n) is 10.0. The lowest BCUT2D eigenvalue weighted by atomic mass is 10.0. The summed E-state index contributed by atoms with van der Waals surface area (Å²) >= 11 is 13.7. The van der Waals surface area contributed by atoms with Crippen LogP contribution in [0.4, 0.5) is 4.79 Å². The smallest absolute Gasteiger partial charge is 0.315 e. The molecule has 11 heteroatoms. The van der Waals surface area contributed by atoms with E-state index in [9.17, 15) is 14.4 Å². The molecule has 3 heterocycles. The van der Waals surface area contributed by atoms with Gasteiger partial charge in [-0.15, -0.1) is 0 Å². The predicted octanol–water partition coefficient (Wildman–Crippen LogP) is 3.43. The molecule has 0 saturated carbocycles. The summed E-state index contributed by atoms with van der Waals surface area (Å²) in [5.74, 6) is 1.10. The zero-order valence-corrected chi connectivity index (χ0v) is 18.9. The number of carbonyl (C=O) groups excluding carboxylic acids is 2. The second kappa shape index (κ2) is 9.58. The van der Waals surface area contributed by atoms with Crippen LogP contribution in [0.1, 0.15) is 36.2 Å². The van der Waals surface area contributed by atoms with Crippen molar-refractivity contribution in [3.05, 3.63) is 50.4 Å². The number of fused-ring (bicyclic) bond motifs is 1. The second-order valence-corrected chi connectivity index (χ2v) is 9.76. The molecule has 1 aromatic carbocycles. The highest BCUT2D eigenvalue weighted by molar-refractivity contribution is 8.00. The van der Waals surface area contributed by atoms with E-state index in [1.165, 1.54) is 6.07 Å². The van der Waals surface area contributed by atoms with Crippen LogP contribution in [-0.2, 0) is 6.61 Å². The lowest BCUT2D eigenvalue weighted by Crippen LogP contribution is -2.36. The predicted molar refractivity (Wildman–Crippen MR) is 120 cm³/mol. The molecule has 0 bridgehead atoms. The number of urea groups is 1. The van der Waals surface area contributed by atoms with Crippen molar-refractivity contribution in [3.63, 3.8) is 0 Å². The van der Waals surface area contributed by atoms with E-state index in [2.05, 4.69) is 15.7 Å². The van der Waals surface area contributed by atoms with Gasteiger partial charge in [-0.25, -0.2) is 4.79 Å². The summed E-state index contributed by atoms with van der Waals surface area (Å²) in [5.41, 5.74) is 0.0639. The molecule has 1 aromatic heterocycles. The average Bonchev–Trinajstić information content (AvgIpc) is 3.37. The van der Waals surface area contributed by atoms with E-state index < -0.39 is 5.56 Å². The second-order valence-electron chi connectivity index (χ2n) is 7.61. The summed E-state index contributed by atoms with van der Waals surface area (Å²) in [6.07, 6.45) is 2.71. The number of aromatic amines is 1. The standard InChI is InChI=1S/C20H22Cl2N4O4S/c21-11-5-12(22)7-14(6-11)30-9-13-8-18(28)26(25-13)17(27)4-2-1-3-16-19-15(10-31-16)23-20(29)24-19/h5-8,15-16,19,25H,1-4,9-10H2,(H2,23,24,29)/t15-,16-,19-/m0/s1. The molecule has 2 saturated heterocycles. The van der Waals surface area contributed by atoms with Crippen molar-refractivity contribution >= 4 is 46.9 Å². The number of nitrogens with one attached hydrogen (secondary N) is 3. The maximum absolute atomic E-state index is 12.4. The van der Waals surface area contributed by atoms with Crippen LogP contribution in [0.3, 0.4) is 0 Å². The highest BCUT2D eigenvalue weighted by atomic mass is 35.5. The van der Waals surface area contributed by atoms with Crippen molar-refractivity contribution in [2.75, 3.05) is 5.75 Å². The van der Waals surface area contributed by atoms with Gasteiger partial charge in [0.15, 0.2) is 0 Å². The quantitative estimate of drug-likeness (QED) is 0.393. The molecule has 0 aliphatic carbocycles. The number of nitrogens with zero attached hydrogens (tertiary/aromatic N) is 1. The number of carbonyl (C=O) groups is 2. The van der Waals surface area contributed by atoms with Crippen LogP contribution >= 0.6 is 35.0 Å². The van der Waals surface area contributed by atoms with Crippen LogP contribution < -0.4 is 20.9 Å². The van der Waals surface area contributed by atoms with Gasteiger partial charge in [-0.05, 0) is 31.0 Å². The molecule has 3 atom stereocenters. The first-order chi connectivity index (χ1) is 14.9. The van der Waals surface area contributed by atoms with Crippen LogP contribution in [0.25, 0.3) is 0 Å². The fourth-order valence-electron chi connectivity index (χ4n) is 3.85. The molecular weight excluding hydrogens is 463 g/mol. The highest BCUT2D eigenvalue weighted by Gasteiger charge is 2.42. The van der Waals surface area contributed by atoms with Gasteiger partial charge in [0.1, 0.15) is 12.4 Å². The van der Waals surface area contributed by atoms with E-state index in [1.807, 2.05) is 11.8 Å². The van der Waals surface area contributed by atoms with Gasteiger partial charge in [-0.3, -0.25) is 14.7 Å². The summed E-state index contributed by atoms with van der Waals surface area (Å²) in [6, 6.07) is 6.44. The lowest BCUT2D eigenvalue weighted by molar-refractivity contribution is 0.0878. The first-order valence-corrected chi connectivity index (χ1v) is 11.8. The number of thioether (sulfide) groups is 1. The van der Waals surface area contributed by atoms with Gasteiger partial charge >= 0.3 is 6.03 Å². The Labute approximate surface area is 193 Å². The molecule has 0 spiro atoms. The van der Waals surface area contributed by atoms with Crippen molar-refractivity contribution in [1.82, 2.24) is 20.4 Å². The number of unbranched alkanes of at least 4 members (excludes halogenated alkanes) is 1.